The summed E-state index contributed by atoms with van der Waals surface area (Å²) >= 11 is 0. The summed E-state index contributed by atoms with van der Waals surface area (Å²) in [7, 11) is 0. The first kappa shape index (κ1) is 17.5. The van der Waals surface area contributed by atoms with Gasteiger partial charge in [0, 0.05) is 30.5 Å². The second kappa shape index (κ2) is 5.81. The Morgan fingerprint density at radius 1 is 1.22 bits per heavy atom. The Morgan fingerprint density at radius 3 is 2.63 bits per heavy atom. The number of fused-ring (bicyclic) bond motifs is 2. The highest BCUT2D eigenvalue weighted by Crippen LogP contribution is 2.40. The van der Waals surface area contributed by atoms with Gasteiger partial charge in [0.25, 0.3) is 5.91 Å². The van der Waals surface area contributed by atoms with Crippen LogP contribution in [0, 0.1) is 12.3 Å². The van der Waals surface area contributed by atoms with Crippen molar-refractivity contribution in [3.05, 3.63) is 52.5 Å². The lowest BCUT2D eigenvalue weighted by molar-refractivity contribution is -0.119. The maximum absolute atomic E-state index is 13.3. The number of anilines is 1. The molecule has 27 heavy (non-hydrogen) atoms. The predicted octanol–water partition coefficient (Wildman–Crippen LogP) is 2.80. The molecule has 2 aliphatic rings. The van der Waals surface area contributed by atoms with E-state index in [-0.39, 0.29) is 17.0 Å². The number of nitrogens with two attached hydrogens (primary N) is 1. The number of hydrogen-bond acceptors (Lipinski definition) is 4. The molecule has 140 valence electrons. The molecular formula is C21H22N2O4. The topological polar surface area (TPSA) is 93.6 Å². The first-order chi connectivity index (χ1) is 12.7. The van der Waals surface area contributed by atoms with Crippen LogP contribution >= 0.6 is 0 Å². The average molecular weight is 366 g/mol. The van der Waals surface area contributed by atoms with E-state index in [9.17, 15) is 14.4 Å². The zero-order valence-electron chi connectivity index (χ0n) is 15.7. The van der Waals surface area contributed by atoms with Crippen LogP contribution in [0.25, 0.3) is 0 Å². The highest BCUT2D eigenvalue weighted by molar-refractivity contribution is 6.12. The summed E-state index contributed by atoms with van der Waals surface area (Å²) in [4.78, 5) is 39.3. The number of benzene rings is 1. The van der Waals surface area contributed by atoms with Crippen molar-refractivity contribution in [3.8, 4) is 0 Å². The van der Waals surface area contributed by atoms with Crippen molar-refractivity contribution in [2.24, 2.45) is 11.1 Å². The number of primary amides is 1. The van der Waals surface area contributed by atoms with Crippen LogP contribution in [0.4, 0.5) is 5.69 Å². The molecule has 6 heteroatoms. The third-order valence-corrected chi connectivity index (χ3v) is 5.49. The van der Waals surface area contributed by atoms with Gasteiger partial charge in [0.2, 0.25) is 5.91 Å². The number of amides is 2. The van der Waals surface area contributed by atoms with Gasteiger partial charge in [-0.3, -0.25) is 19.3 Å². The van der Waals surface area contributed by atoms with Gasteiger partial charge in [0.05, 0.1) is 5.56 Å². The molecule has 0 spiro atoms. The first-order valence-electron chi connectivity index (χ1n) is 9.06. The lowest BCUT2D eigenvalue weighted by Gasteiger charge is -2.27. The molecule has 0 bridgehead atoms. The standard InChI is InChI=1S/C21H22N2O4/c1-11-17-15(24)9-21(2,3)10-16(17)27-18(11)20(26)23-13-7-5-4-6-12(13)8-14(23)19(22)25/h4-7,14H,8-10H2,1-3H3,(H2,22,25)/t14-/m0/s1. The molecular weight excluding hydrogens is 344 g/mol. The molecule has 1 aliphatic carbocycles. The first-order valence-corrected chi connectivity index (χ1v) is 9.06. The molecule has 1 aromatic heterocycles. The molecule has 6 nitrogen and oxygen atoms in total. The fourth-order valence-electron chi connectivity index (χ4n) is 4.26. The van der Waals surface area contributed by atoms with Gasteiger partial charge in [-0.25, -0.2) is 0 Å². The van der Waals surface area contributed by atoms with Gasteiger partial charge < -0.3 is 10.2 Å². The molecule has 4 rings (SSSR count). The number of para-hydroxylation sites is 1. The van der Waals surface area contributed by atoms with Gasteiger partial charge in [-0.05, 0) is 24.0 Å². The number of Topliss-reactive ketones (excluding diaryl/α,β-unsaturated/α-hetero) is 1. The maximum Gasteiger partial charge on any atom is 0.295 e. The second-order valence-corrected chi connectivity index (χ2v) is 8.22. The fraction of sp³-hybridized carbons (Fsp3) is 0.381. The maximum atomic E-state index is 13.3. The quantitative estimate of drug-likeness (QED) is 0.884. The van der Waals surface area contributed by atoms with Crippen LogP contribution in [0.1, 0.15) is 58.1 Å². The Balaban J connectivity index is 1.80. The molecule has 0 saturated heterocycles. The SMILES string of the molecule is Cc1c(C(=O)N2c3ccccc3C[C@H]2C(N)=O)oc2c1C(=O)CC(C)(C)C2. The van der Waals surface area contributed by atoms with E-state index in [0.717, 1.165) is 5.56 Å². The minimum absolute atomic E-state index is 0.00479. The van der Waals surface area contributed by atoms with Crippen molar-refractivity contribution in [1.29, 1.82) is 0 Å². The second-order valence-electron chi connectivity index (χ2n) is 8.22. The Labute approximate surface area is 157 Å². The van der Waals surface area contributed by atoms with Crippen LogP contribution in [-0.4, -0.2) is 23.6 Å². The van der Waals surface area contributed by atoms with Crippen molar-refractivity contribution in [2.45, 2.75) is 46.1 Å². The molecule has 0 radical (unpaired) electrons. The summed E-state index contributed by atoms with van der Waals surface area (Å²) in [6, 6.07) is 6.59. The predicted molar refractivity (Wildman–Crippen MR) is 99.8 cm³/mol. The molecule has 2 aromatic rings. The summed E-state index contributed by atoms with van der Waals surface area (Å²) in [5.41, 5.74) is 7.96. The van der Waals surface area contributed by atoms with Gasteiger partial charge in [0.1, 0.15) is 11.8 Å². The number of hydrogen-bond donors (Lipinski definition) is 1. The van der Waals surface area contributed by atoms with Gasteiger partial charge >= 0.3 is 0 Å². The number of carbonyl (C=O) groups excluding carboxylic acids is 3. The summed E-state index contributed by atoms with van der Waals surface area (Å²) < 4.78 is 5.90. The van der Waals surface area contributed by atoms with E-state index in [0.29, 0.717) is 41.8 Å². The summed E-state index contributed by atoms with van der Waals surface area (Å²) in [5.74, 6) is -0.323. The summed E-state index contributed by atoms with van der Waals surface area (Å²) in [6.07, 6.45) is 1.39. The average Bonchev–Trinajstić information content (AvgIpc) is 3.11. The minimum Gasteiger partial charge on any atom is -0.455 e. The van der Waals surface area contributed by atoms with E-state index in [1.165, 1.54) is 4.90 Å². The Kier molecular flexibility index (Phi) is 3.77. The highest BCUT2D eigenvalue weighted by Gasteiger charge is 2.42. The number of ketones is 1. The van der Waals surface area contributed by atoms with Crippen molar-refractivity contribution < 1.29 is 18.8 Å². The van der Waals surface area contributed by atoms with Crippen LogP contribution in [0.2, 0.25) is 0 Å². The monoisotopic (exact) mass is 366 g/mol. The summed E-state index contributed by atoms with van der Waals surface area (Å²) in [5, 5.41) is 0. The van der Waals surface area contributed by atoms with Crippen molar-refractivity contribution >= 4 is 23.3 Å². The van der Waals surface area contributed by atoms with Crippen LogP contribution in [-0.2, 0) is 17.6 Å². The molecule has 2 heterocycles. The molecule has 2 N–H and O–H groups in total. The molecule has 0 unspecified atom stereocenters. The molecule has 2 amide bonds. The lowest BCUT2D eigenvalue weighted by atomic mass is 9.76. The third-order valence-electron chi connectivity index (χ3n) is 5.49. The van der Waals surface area contributed by atoms with E-state index >= 15 is 0 Å². The normalized spacial score (nSPS) is 20.3. The van der Waals surface area contributed by atoms with Gasteiger partial charge in [-0.1, -0.05) is 32.0 Å². The van der Waals surface area contributed by atoms with Crippen molar-refractivity contribution in [3.63, 3.8) is 0 Å². The van der Waals surface area contributed by atoms with E-state index < -0.39 is 17.9 Å². The van der Waals surface area contributed by atoms with Gasteiger partial charge in [-0.2, -0.15) is 0 Å². The van der Waals surface area contributed by atoms with Crippen molar-refractivity contribution in [2.75, 3.05) is 4.90 Å². The minimum atomic E-state index is -0.761. The summed E-state index contributed by atoms with van der Waals surface area (Å²) in [6.45, 7) is 5.74. The zero-order chi connectivity index (χ0) is 19.5. The molecule has 0 fully saturated rings. The third kappa shape index (κ3) is 2.67. The number of furan rings is 1. The van der Waals surface area contributed by atoms with E-state index in [2.05, 4.69) is 0 Å². The molecule has 1 aromatic carbocycles. The Morgan fingerprint density at radius 2 is 1.93 bits per heavy atom. The van der Waals surface area contributed by atoms with Crippen molar-refractivity contribution in [1.82, 2.24) is 0 Å². The number of rotatable bonds is 2. The van der Waals surface area contributed by atoms with Gasteiger partial charge in [-0.15, -0.1) is 0 Å². The van der Waals surface area contributed by atoms with Gasteiger partial charge in [0.15, 0.2) is 11.5 Å². The number of carbonyl (C=O) groups is 3. The van der Waals surface area contributed by atoms with E-state index in [4.69, 9.17) is 10.2 Å². The van der Waals surface area contributed by atoms with Crippen LogP contribution in [0.3, 0.4) is 0 Å². The number of nitrogens with zero attached hydrogens (tertiary/aromatic N) is 1. The lowest BCUT2D eigenvalue weighted by Crippen LogP contribution is -2.46. The smallest absolute Gasteiger partial charge is 0.295 e. The molecule has 0 saturated carbocycles. The Hall–Kier alpha value is -2.89. The Bertz CT molecular complexity index is 986. The molecule has 1 atom stereocenters. The zero-order valence-corrected chi connectivity index (χ0v) is 15.7. The van der Waals surface area contributed by atoms with Crippen LogP contribution < -0.4 is 10.6 Å². The van der Waals surface area contributed by atoms with Crippen LogP contribution in [0.15, 0.2) is 28.7 Å². The largest absolute Gasteiger partial charge is 0.455 e. The fourth-order valence-corrected chi connectivity index (χ4v) is 4.26. The van der Waals surface area contributed by atoms with E-state index in [1.807, 2.05) is 32.0 Å². The van der Waals surface area contributed by atoms with E-state index in [1.54, 1.807) is 13.0 Å². The van der Waals surface area contributed by atoms with Crippen LogP contribution in [0.5, 0.6) is 0 Å². The molecule has 1 aliphatic heterocycles. The highest BCUT2D eigenvalue weighted by atomic mass is 16.4.